The number of carbonyl (C=O) groups excluding carboxylic acids is 1. The van der Waals surface area contributed by atoms with Crippen LogP contribution < -0.4 is 10.5 Å². The van der Waals surface area contributed by atoms with E-state index < -0.39 is 0 Å². The lowest BCUT2D eigenvalue weighted by molar-refractivity contribution is -0.134. The Balaban J connectivity index is 1.44. The number of hydrogen-bond acceptors (Lipinski definition) is 3. The van der Waals surface area contributed by atoms with E-state index in [0.29, 0.717) is 24.5 Å². The quantitative estimate of drug-likeness (QED) is 0.908. The number of nitrogens with zero attached hydrogens (tertiary/aromatic N) is 1. The molecule has 4 nitrogen and oxygen atoms in total. The van der Waals surface area contributed by atoms with Gasteiger partial charge < -0.3 is 15.4 Å². The molecule has 1 aliphatic heterocycles. The number of amides is 1. The number of hydrogen-bond donors (Lipinski definition) is 1. The van der Waals surface area contributed by atoms with Gasteiger partial charge in [-0.15, -0.1) is 0 Å². The lowest BCUT2D eigenvalue weighted by Crippen LogP contribution is -2.36. The normalized spacial score (nSPS) is 28.5. The minimum Gasteiger partial charge on any atom is -0.494 e. The molecule has 1 aliphatic carbocycles. The lowest BCUT2D eigenvalue weighted by Gasteiger charge is -2.22. The third-order valence-corrected chi connectivity index (χ3v) is 5.21. The predicted octanol–water partition coefficient (Wildman–Crippen LogP) is 2.29. The summed E-state index contributed by atoms with van der Waals surface area (Å²) in [6.07, 6.45) is 3.06. The molecule has 2 fully saturated rings. The van der Waals surface area contributed by atoms with E-state index in [1.807, 2.05) is 42.2 Å². The van der Waals surface area contributed by atoms with Gasteiger partial charge in [0.1, 0.15) is 5.75 Å². The summed E-state index contributed by atoms with van der Waals surface area (Å²) in [5, 5.41) is 0. The molecule has 0 spiro atoms. The Hall–Kier alpha value is -1.55. The van der Waals surface area contributed by atoms with Crippen molar-refractivity contribution < 1.29 is 9.53 Å². The molecule has 3 rings (SSSR count). The molecule has 0 aromatic heterocycles. The summed E-state index contributed by atoms with van der Waals surface area (Å²) in [4.78, 5) is 14.6. The highest BCUT2D eigenvalue weighted by Gasteiger charge is 2.42. The van der Waals surface area contributed by atoms with Crippen LogP contribution in [0.2, 0.25) is 0 Å². The molecule has 0 radical (unpaired) electrons. The van der Waals surface area contributed by atoms with E-state index in [-0.39, 0.29) is 11.8 Å². The first-order valence-electron chi connectivity index (χ1n) is 8.37. The van der Waals surface area contributed by atoms with Crippen molar-refractivity contribution in [2.75, 3.05) is 19.7 Å². The number of benzene rings is 1. The van der Waals surface area contributed by atoms with Crippen molar-refractivity contribution in [1.29, 1.82) is 0 Å². The van der Waals surface area contributed by atoms with Crippen LogP contribution in [0.4, 0.5) is 0 Å². The molecule has 120 valence electrons. The second-order valence-electron chi connectivity index (χ2n) is 6.76. The fourth-order valence-corrected chi connectivity index (χ4v) is 3.79. The fourth-order valence-electron chi connectivity index (χ4n) is 3.79. The Morgan fingerprint density at radius 2 is 2.09 bits per heavy atom. The average Bonchev–Trinajstić information content (AvgIpc) is 3.10. The molecule has 1 saturated carbocycles. The smallest absolute Gasteiger partial charge is 0.225 e. The number of para-hydroxylation sites is 1. The predicted molar refractivity (Wildman–Crippen MR) is 86.5 cm³/mol. The Morgan fingerprint density at radius 1 is 1.32 bits per heavy atom. The molecule has 2 aliphatic rings. The Bertz CT molecular complexity index is 505. The standard InChI is InChI=1S/C18H26N2O2/c1-13(9-10-22-15-5-3-2-4-6-15)18(21)20-11-14-7-8-17(19)16(14)12-20/h2-6,13-14,16-17H,7-12,19H2,1H3. The Kier molecular flexibility index (Phi) is 4.67. The largest absolute Gasteiger partial charge is 0.494 e. The monoisotopic (exact) mass is 302 g/mol. The average molecular weight is 302 g/mol. The molecule has 0 bridgehead atoms. The van der Waals surface area contributed by atoms with Crippen molar-refractivity contribution in [2.24, 2.45) is 23.5 Å². The van der Waals surface area contributed by atoms with Gasteiger partial charge in [-0.2, -0.15) is 0 Å². The van der Waals surface area contributed by atoms with Crippen LogP contribution in [0.1, 0.15) is 26.2 Å². The van der Waals surface area contributed by atoms with Crippen LogP contribution in [0.25, 0.3) is 0 Å². The highest BCUT2D eigenvalue weighted by Crippen LogP contribution is 2.37. The molecule has 4 unspecified atom stereocenters. The minimum atomic E-state index is 0.0127. The van der Waals surface area contributed by atoms with E-state index in [9.17, 15) is 4.79 Å². The van der Waals surface area contributed by atoms with Gasteiger partial charge in [0.15, 0.2) is 0 Å². The van der Waals surface area contributed by atoms with Crippen LogP contribution in [0.3, 0.4) is 0 Å². The number of fused-ring (bicyclic) bond motifs is 1. The second-order valence-corrected chi connectivity index (χ2v) is 6.76. The highest BCUT2D eigenvalue weighted by molar-refractivity contribution is 5.78. The molecule has 1 heterocycles. The van der Waals surface area contributed by atoms with Crippen molar-refractivity contribution in [3.05, 3.63) is 30.3 Å². The van der Waals surface area contributed by atoms with E-state index in [1.54, 1.807) is 0 Å². The summed E-state index contributed by atoms with van der Waals surface area (Å²) in [6.45, 7) is 4.34. The maximum Gasteiger partial charge on any atom is 0.225 e. The molecule has 1 amide bonds. The first-order valence-corrected chi connectivity index (χ1v) is 8.37. The summed E-state index contributed by atoms with van der Waals surface area (Å²) >= 11 is 0. The number of nitrogens with two attached hydrogens (primary N) is 1. The van der Waals surface area contributed by atoms with Gasteiger partial charge in [-0.25, -0.2) is 0 Å². The second kappa shape index (κ2) is 6.69. The van der Waals surface area contributed by atoms with Gasteiger partial charge in [-0.1, -0.05) is 25.1 Å². The van der Waals surface area contributed by atoms with Gasteiger partial charge >= 0.3 is 0 Å². The van der Waals surface area contributed by atoms with E-state index in [0.717, 1.165) is 31.7 Å². The first-order chi connectivity index (χ1) is 10.6. The van der Waals surface area contributed by atoms with Gasteiger partial charge in [0, 0.05) is 25.0 Å². The number of ether oxygens (including phenoxy) is 1. The maximum atomic E-state index is 12.6. The van der Waals surface area contributed by atoms with Crippen molar-refractivity contribution in [3.63, 3.8) is 0 Å². The van der Waals surface area contributed by atoms with Crippen molar-refractivity contribution in [3.8, 4) is 5.75 Å². The summed E-state index contributed by atoms with van der Waals surface area (Å²) < 4.78 is 5.69. The van der Waals surface area contributed by atoms with Gasteiger partial charge in [0.25, 0.3) is 0 Å². The van der Waals surface area contributed by atoms with Gasteiger partial charge in [-0.3, -0.25) is 4.79 Å². The van der Waals surface area contributed by atoms with Crippen molar-refractivity contribution in [1.82, 2.24) is 4.90 Å². The summed E-state index contributed by atoms with van der Waals surface area (Å²) in [5.74, 6) is 2.30. The SMILES string of the molecule is CC(CCOc1ccccc1)C(=O)N1CC2CCC(N)C2C1. The number of rotatable bonds is 5. The molecule has 4 atom stereocenters. The van der Waals surface area contributed by atoms with Crippen LogP contribution in [0.15, 0.2) is 30.3 Å². The van der Waals surface area contributed by atoms with Gasteiger partial charge in [0.2, 0.25) is 5.91 Å². The summed E-state index contributed by atoms with van der Waals surface area (Å²) in [7, 11) is 0. The highest BCUT2D eigenvalue weighted by atomic mass is 16.5. The molecule has 4 heteroatoms. The molecule has 22 heavy (non-hydrogen) atoms. The van der Waals surface area contributed by atoms with Crippen molar-refractivity contribution >= 4 is 5.91 Å². The third-order valence-electron chi connectivity index (χ3n) is 5.21. The molecule has 2 N–H and O–H groups in total. The molecular weight excluding hydrogens is 276 g/mol. The van der Waals surface area contributed by atoms with Crippen molar-refractivity contribution in [2.45, 2.75) is 32.2 Å². The Morgan fingerprint density at radius 3 is 2.82 bits per heavy atom. The van der Waals surface area contributed by atoms with E-state index >= 15 is 0 Å². The third kappa shape index (κ3) is 3.27. The zero-order chi connectivity index (χ0) is 15.5. The zero-order valence-electron chi connectivity index (χ0n) is 13.3. The van der Waals surface area contributed by atoms with Crippen LogP contribution in [0.5, 0.6) is 5.75 Å². The summed E-state index contributed by atoms with van der Waals surface area (Å²) in [5.41, 5.74) is 6.15. The summed E-state index contributed by atoms with van der Waals surface area (Å²) in [6, 6.07) is 10.0. The first kappa shape index (κ1) is 15.3. The number of likely N-dealkylation sites (tertiary alicyclic amines) is 1. The van der Waals surface area contributed by atoms with E-state index in [2.05, 4.69) is 0 Å². The van der Waals surface area contributed by atoms with Crippen LogP contribution >= 0.6 is 0 Å². The Labute approximate surface area is 132 Å². The van der Waals surface area contributed by atoms with Crippen LogP contribution in [0, 0.1) is 17.8 Å². The fraction of sp³-hybridized carbons (Fsp3) is 0.611. The molecule has 1 saturated heterocycles. The lowest BCUT2D eigenvalue weighted by atomic mass is 9.98. The van der Waals surface area contributed by atoms with E-state index in [1.165, 1.54) is 6.42 Å². The topological polar surface area (TPSA) is 55.6 Å². The van der Waals surface area contributed by atoms with Crippen LogP contribution in [-0.2, 0) is 4.79 Å². The zero-order valence-corrected chi connectivity index (χ0v) is 13.3. The minimum absolute atomic E-state index is 0.0127. The number of carbonyl (C=O) groups is 1. The van der Waals surface area contributed by atoms with Crippen LogP contribution in [-0.4, -0.2) is 36.5 Å². The maximum absolute atomic E-state index is 12.6. The van der Waals surface area contributed by atoms with Gasteiger partial charge in [0.05, 0.1) is 6.61 Å². The molecule has 1 aromatic carbocycles. The molecular formula is C18H26N2O2. The van der Waals surface area contributed by atoms with E-state index in [4.69, 9.17) is 10.5 Å². The molecule has 1 aromatic rings. The van der Waals surface area contributed by atoms with Gasteiger partial charge in [-0.05, 0) is 43.2 Å².